The Hall–Kier alpha value is -2.99. The van der Waals surface area contributed by atoms with Crippen molar-refractivity contribution in [1.82, 2.24) is 5.48 Å². The van der Waals surface area contributed by atoms with Gasteiger partial charge in [-0.3, -0.25) is 19.6 Å². The number of amides is 3. The summed E-state index contributed by atoms with van der Waals surface area (Å²) in [6.45, 7) is 0. The van der Waals surface area contributed by atoms with Crippen LogP contribution in [0.4, 0.5) is 5.69 Å². The van der Waals surface area contributed by atoms with Gasteiger partial charge in [0.1, 0.15) is 0 Å². The van der Waals surface area contributed by atoms with Gasteiger partial charge in [-0.25, -0.2) is 10.4 Å². The molecule has 2 aromatic rings. The summed E-state index contributed by atoms with van der Waals surface area (Å²) in [6.07, 6.45) is 0.0164. The number of carbonyl (C=O) groups is 3. The number of rotatable bonds is 2. The van der Waals surface area contributed by atoms with E-state index in [1.165, 1.54) is 23.7 Å². The number of hydroxylamine groups is 1. The lowest BCUT2D eigenvalue weighted by Crippen LogP contribution is -2.42. The van der Waals surface area contributed by atoms with E-state index in [2.05, 4.69) is 0 Å². The minimum absolute atomic E-state index is 0.0164. The van der Waals surface area contributed by atoms with E-state index in [4.69, 9.17) is 5.21 Å². The molecule has 2 N–H and O–H groups in total. The average molecular weight is 296 g/mol. The predicted octanol–water partition coefficient (Wildman–Crippen LogP) is 1.54. The summed E-state index contributed by atoms with van der Waals surface area (Å²) >= 11 is 0. The number of anilines is 1. The van der Waals surface area contributed by atoms with Gasteiger partial charge in [-0.1, -0.05) is 18.2 Å². The fourth-order valence-corrected chi connectivity index (χ4v) is 2.47. The maximum atomic E-state index is 12.5. The molecule has 0 spiro atoms. The zero-order valence-electron chi connectivity index (χ0n) is 11.4. The Morgan fingerprint density at radius 2 is 1.82 bits per heavy atom. The van der Waals surface area contributed by atoms with Gasteiger partial charge in [0.05, 0.1) is 12.1 Å². The fourth-order valence-electron chi connectivity index (χ4n) is 2.47. The molecule has 0 bridgehead atoms. The molecule has 0 fully saturated rings. The van der Waals surface area contributed by atoms with Crippen LogP contribution < -0.4 is 10.4 Å². The Balaban J connectivity index is 2.03. The largest absolute Gasteiger partial charge is 0.288 e. The topological polar surface area (TPSA) is 86.7 Å². The third-order valence-electron chi connectivity index (χ3n) is 3.51. The molecule has 3 amide bonds. The third kappa shape index (κ3) is 2.25. The molecule has 2 aromatic carbocycles. The second-order valence-electron chi connectivity index (χ2n) is 4.86. The molecular formula is C16H12N2O4. The van der Waals surface area contributed by atoms with E-state index in [-0.39, 0.29) is 17.9 Å². The van der Waals surface area contributed by atoms with Crippen LogP contribution in [0.15, 0.2) is 48.5 Å². The number of benzene rings is 2. The number of hydrogen-bond acceptors (Lipinski definition) is 4. The first-order valence-corrected chi connectivity index (χ1v) is 6.61. The number of nitrogens with one attached hydrogen (secondary N) is 1. The molecule has 0 atom stereocenters. The molecule has 0 aromatic heterocycles. The maximum Gasteiger partial charge on any atom is 0.274 e. The predicted molar refractivity (Wildman–Crippen MR) is 77.7 cm³/mol. The van der Waals surface area contributed by atoms with Crippen molar-refractivity contribution >= 4 is 23.4 Å². The van der Waals surface area contributed by atoms with Gasteiger partial charge >= 0.3 is 0 Å². The van der Waals surface area contributed by atoms with Crippen LogP contribution in [0.3, 0.4) is 0 Å². The van der Waals surface area contributed by atoms with Crippen molar-refractivity contribution in [2.45, 2.75) is 6.42 Å². The Labute approximate surface area is 125 Å². The quantitative estimate of drug-likeness (QED) is 0.500. The van der Waals surface area contributed by atoms with E-state index in [0.29, 0.717) is 16.8 Å². The van der Waals surface area contributed by atoms with Gasteiger partial charge in [0.15, 0.2) is 0 Å². The van der Waals surface area contributed by atoms with Crippen LogP contribution in [-0.4, -0.2) is 22.9 Å². The normalized spacial score (nSPS) is 13.8. The summed E-state index contributed by atoms with van der Waals surface area (Å²) in [5, 5.41) is 8.65. The highest BCUT2D eigenvalue weighted by molar-refractivity contribution is 6.24. The molecule has 0 radical (unpaired) electrons. The van der Waals surface area contributed by atoms with Crippen molar-refractivity contribution in [3.8, 4) is 0 Å². The summed E-state index contributed by atoms with van der Waals surface area (Å²) in [4.78, 5) is 37.3. The smallest absolute Gasteiger partial charge is 0.274 e. The molecule has 6 heteroatoms. The number of nitrogens with zero attached hydrogens (tertiary/aromatic N) is 1. The SMILES string of the molecule is O=C(NO)c1ccc2c(c1)CC(=O)N(c1ccccc1)C2=O. The summed E-state index contributed by atoms with van der Waals surface area (Å²) in [6, 6.07) is 13.0. The second kappa shape index (κ2) is 5.42. The third-order valence-corrected chi connectivity index (χ3v) is 3.51. The number of carbonyl (C=O) groups excluding carboxylic acids is 3. The monoisotopic (exact) mass is 296 g/mol. The average Bonchev–Trinajstić information content (AvgIpc) is 2.54. The maximum absolute atomic E-state index is 12.5. The van der Waals surface area contributed by atoms with Crippen molar-refractivity contribution in [3.05, 3.63) is 65.2 Å². The van der Waals surface area contributed by atoms with Gasteiger partial charge in [0, 0.05) is 11.1 Å². The molecule has 0 saturated carbocycles. The lowest BCUT2D eigenvalue weighted by atomic mass is 9.95. The van der Waals surface area contributed by atoms with Crippen molar-refractivity contribution in [1.29, 1.82) is 0 Å². The van der Waals surface area contributed by atoms with Crippen molar-refractivity contribution in [2.24, 2.45) is 0 Å². The molecule has 0 aliphatic carbocycles. The molecule has 6 nitrogen and oxygen atoms in total. The number of hydrogen-bond donors (Lipinski definition) is 2. The first-order chi connectivity index (χ1) is 10.6. The molecular weight excluding hydrogens is 284 g/mol. The van der Waals surface area contributed by atoms with E-state index >= 15 is 0 Å². The van der Waals surface area contributed by atoms with Crippen LogP contribution in [0.25, 0.3) is 0 Å². The van der Waals surface area contributed by atoms with E-state index in [9.17, 15) is 14.4 Å². The molecule has 0 saturated heterocycles. The van der Waals surface area contributed by atoms with Crippen molar-refractivity contribution in [3.63, 3.8) is 0 Å². The summed E-state index contributed by atoms with van der Waals surface area (Å²) in [7, 11) is 0. The van der Waals surface area contributed by atoms with E-state index in [0.717, 1.165) is 4.90 Å². The van der Waals surface area contributed by atoms with E-state index in [1.54, 1.807) is 30.3 Å². The van der Waals surface area contributed by atoms with Crippen LogP contribution in [0.2, 0.25) is 0 Å². The summed E-state index contributed by atoms with van der Waals surface area (Å²) in [5.74, 6) is -1.47. The zero-order valence-corrected chi connectivity index (χ0v) is 11.4. The highest BCUT2D eigenvalue weighted by Gasteiger charge is 2.32. The van der Waals surface area contributed by atoms with Gasteiger partial charge in [-0.05, 0) is 35.9 Å². The fraction of sp³-hybridized carbons (Fsp3) is 0.0625. The minimum Gasteiger partial charge on any atom is -0.288 e. The lowest BCUT2D eigenvalue weighted by Gasteiger charge is -2.27. The van der Waals surface area contributed by atoms with Gasteiger partial charge in [0.25, 0.3) is 11.8 Å². The Bertz CT molecular complexity index is 771. The molecule has 1 heterocycles. The number of para-hydroxylation sites is 1. The standard InChI is InChI=1S/C16H12N2O4/c19-14-9-11-8-10(15(20)17-22)6-7-13(11)16(21)18(14)12-4-2-1-3-5-12/h1-8,22H,9H2,(H,17,20). The van der Waals surface area contributed by atoms with Crippen molar-refractivity contribution < 1.29 is 19.6 Å². The summed E-state index contributed by atoms with van der Waals surface area (Å²) in [5.41, 5.74) is 3.08. The molecule has 22 heavy (non-hydrogen) atoms. The summed E-state index contributed by atoms with van der Waals surface area (Å²) < 4.78 is 0. The first-order valence-electron chi connectivity index (χ1n) is 6.61. The minimum atomic E-state index is -0.687. The first kappa shape index (κ1) is 14.0. The lowest BCUT2D eigenvalue weighted by molar-refractivity contribution is -0.117. The van der Waals surface area contributed by atoms with Crippen LogP contribution in [0.1, 0.15) is 26.3 Å². The second-order valence-corrected chi connectivity index (χ2v) is 4.86. The molecule has 0 unspecified atom stereocenters. The van der Waals surface area contributed by atoms with E-state index < -0.39 is 11.8 Å². The molecule has 110 valence electrons. The Kier molecular flexibility index (Phi) is 3.44. The van der Waals surface area contributed by atoms with Crippen LogP contribution in [0.5, 0.6) is 0 Å². The van der Waals surface area contributed by atoms with Crippen molar-refractivity contribution in [2.75, 3.05) is 4.90 Å². The van der Waals surface area contributed by atoms with Crippen LogP contribution in [-0.2, 0) is 11.2 Å². The number of fused-ring (bicyclic) bond motifs is 1. The Morgan fingerprint density at radius 3 is 2.50 bits per heavy atom. The highest BCUT2D eigenvalue weighted by atomic mass is 16.5. The van der Waals surface area contributed by atoms with Gasteiger partial charge in [0.2, 0.25) is 5.91 Å². The van der Waals surface area contributed by atoms with Gasteiger partial charge in [-0.2, -0.15) is 0 Å². The van der Waals surface area contributed by atoms with Crippen LogP contribution >= 0.6 is 0 Å². The van der Waals surface area contributed by atoms with Crippen LogP contribution in [0, 0.1) is 0 Å². The molecule has 3 rings (SSSR count). The van der Waals surface area contributed by atoms with Gasteiger partial charge in [-0.15, -0.1) is 0 Å². The zero-order chi connectivity index (χ0) is 15.7. The van der Waals surface area contributed by atoms with Gasteiger partial charge < -0.3 is 0 Å². The molecule has 1 aliphatic heterocycles. The highest BCUT2D eigenvalue weighted by Crippen LogP contribution is 2.26. The number of imide groups is 1. The van der Waals surface area contributed by atoms with E-state index in [1.807, 2.05) is 0 Å². The Morgan fingerprint density at radius 1 is 1.09 bits per heavy atom. The molecule has 1 aliphatic rings.